The second kappa shape index (κ2) is 9.41. The molecule has 170 valence electrons. The van der Waals surface area contributed by atoms with Crippen molar-refractivity contribution in [2.24, 2.45) is 0 Å². The highest BCUT2D eigenvalue weighted by molar-refractivity contribution is 5.93. The molecule has 0 saturated carbocycles. The molecular formula is C23H32N2O6. The second-order valence-corrected chi connectivity index (χ2v) is 9.18. The fourth-order valence-electron chi connectivity index (χ4n) is 2.98. The smallest absolute Gasteiger partial charge is 0.419 e. The molecule has 0 fully saturated rings. The van der Waals surface area contributed by atoms with Gasteiger partial charge in [0, 0.05) is 18.0 Å². The molecule has 8 nitrogen and oxygen atoms in total. The predicted molar refractivity (Wildman–Crippen MR) is 117 cm³/mol. The van der Waals surface area contributed by atoms with Gasteiger partial charge in [-0.15, -0.1) is 0 Å². The summed E-state index contributed by atoms with van der Waals surface area (Å²) < 4.78 is 17.3. The number of amides is 1. The standard InChI is InChI=1S/C23H32N2O6/c1-8-29-19(26)17(24-20(27)30-22(2,3)4)13-15-14-25(21(28)31-23(5,6)7)18-12-10-9-11-16(15)18/h9-12,14,17H,8,13H2,1-7H3,(H,24,27). The molecule has 0 aliphatic rings. The minimum atomic E-state index is -0.979. The number of para-hydroxylation sites is 1. The van der Waals surface area contributed by atoms with Gasteiger partial charge in [-0.3, -0.25) is 4.57 Å². The number of fused-ring (bicyclic) bond motifs is 1. The van der Waals surface area contributed by atoms with E-state index in [0.29, 0.717) is 11.1 Å². The zero-order chi connectivity index (χ0) is 23.4. The maximum atomic E-state index is 12.7. The average Bonchev–Trinajstić information content (AvgIpc) is 2.97. The number of benzene rings is 1. The molecule has 1 amide bonds. The Morgan fingerprint density at radius 3 is 2.19 bits per heavy atom. The Morgan fingerprint density at radius 1 is 1.00 bits per heavy atom. The Morgan fingerprint density at radius 2 is 1.61 bits per heavy atom. The highest BCUT2D eigenvalue weighted by Gasteiger charge is 2.28. The second-order valence-electron chi connectivity index (χ2n) is 9.18. The van der Waals surface area contributed by atoms with Gasteiger partial charge in [0.15, 0.2) is 0 Å². The summed E-state index contributed by atoms with van der Waals surface area (Å²) in [7, 11) is 0. The monoisotopic (exact) mass is 432 g/mol. The molecule has 1 atom stereocenters. The van der Waals surface area contributed by atoms with Gasteiger partial charge in [0.25, 0.3) is 0 Å². The minimum Gasteiger partial charge on any atom is -0.464 e. The summed E-state index contributed by atoms with van der Waals surface area (Å²) in [6.07, 6.45) is 0.500. The minimum absolute atomic E-state index is 0.119. The maximum absolute atomic E-state index is 12.7. The van der Waals surface area contributed by atoms with E-state index >= 15 is 0 Å². The zero-order valence-electron chi connectivity index (χ0n) is 19.3. The lowest BCUT2D eigenvalue weighted by Crippen LogP contribution is -2.45. The number of hydrogen-bond acceptors (Lipinski definition) is 6. The van der Waals surface area contributed by atoms with Gasteiger partial charge in [0.1, 0.15) is 17.2 Å². The third-order valence-electron chi connectivity index (χ3n) is 4.07. The topological polar surface area (TPSA) is 95.9 Å². The number of rotatable bonds is 5. The van der Waals surface area contributed by atoms with Crippen LogP contribution in [0.1, 0.15) is 54.0 Å². The molecule has 0 spiro atoms. The molecule has 0 radical (unpaired) electrons. The summed E-state index contributed by atoms with van der Waals surface area (Å²) in [5.74, 6) is -0.581. The lowest BCUT2D eigenvalue weighted by molar-refractivity contribution is -0.145. The number of nitrogens with one attached hydrogen (secondary N) is 1. The molecule has 1 heterocycles. The molecule has 0 bridgehead atoms. The number of ether oxygens (including phenoxy) is 3. The van der Waals surface area contributed by atoms with Crippen LogP contribution in [-0.2, 0) is 25.4 Å². The molecule has 2 aromatic rings. The molecule has 0 aliphatic carbocycles. The Bertz CT molecular complexity index is 949. The number of hydrogen-bond donors (Lipinski definition) is 1. The largest absolute Gasteiger partial charge is 0.464 e. The van der Waals surface area contributed by atoms with Crippen LogP contribution in [0.15, 0.2) is 30.5 Å². The Balaban J connectivity index is 2.37. The first-order chi connectivity index (χ1) is 14.3. The summed E-state index contributed by atoms with van der Waals surface area (Å²) in [6.45, 7) is 12.4. The van der Waals surface area contributed by atoms with E-state index in [4.69, 9.17) is 14.2 Å². The van der Waals surface area contributed by atoms with Crippen molar-refractivity contribution in [3.63, 3.8) is 0 Å². The van der Waals surface area contributed by atoms with Crippen molar-refractivity contribution < 1.29 is 28.6 Å². The van der Waals surface area contributed by atoms with Gasteiger partial charge in [-0.2, -0.15) is 0 Å². The Kier molecular flexibility index (Phi) is 7.36. The fourth-order valence-corrected chi connectivity index (χ4v) is 2.98. The maximum Gasteiger partial charge on any atom is 0.419 e. The van der Waals surface area contributed by atoms with Gasteiger partial charge in [-0.1, -0.05) is 18.2 Å². The van der Waals surface area contributed by atoms with Gasteiger partial charge in [-0.05, 0) is 60.1 Å². The van der Waals surface area contributed by atoms with Crippen LogP contribution < -0.4 is 5.32 Å². The van der Waals surface area contributed by atoms with Gasteiger partial charge >= 0.3 is 18.2 Å². The summed E-state index contributed by atoms with van der Waals surface area (Å²) in [5, 5.41) is 3.36. The SMILES string of the molecule is CCOC(=O)C(Cc1cn(C(=O)OC(C)(C)C)c2ccccc12)NC(=O)OC(C)(C)C. The van der Waals surface area contributed by atoms with E-state index in [0.717, 1.165) is 5.39 Å². The normalized spacial score (nSPS) is 12.9. The van der Waals surface area contributed by atoms with E-state index in [2.05, 4.69) is 5.32 Å². The van der Waals surface area contributed by atoms with Crippen molar-refractivity contribution in [1.29, 1.82) is 0 Å². The van der Waals surface area contributed by atoms with Crippen LogP contribution in [-0.4, -0.2) is 46.6 Å². The third kappa shape index (κ3) is 7.01. The molecule has 1 N–H and O–H groups in total. The average molecular weight is 433 g/mol. The quantitative estimate of drug-likeness (QED) is 0.555. The van der Waals surface area contributed by atoms with Gasteiger partial charge in [-0.25, -0.2) is 14.4 Å². The van der Waals surface area contributed by atoms with Crippen LogP contribution in [0.2, 0.25) is 0 Å². The molecule has 8 heteroatoms. The summed E-state index contributed by atoms with van der Waals surface area (Å²) in [4.78, 5) is 37.5. The molecule has 0 saturated heterocycles. The molecule has 1 aromatic heterocycles. The first kappa shape index (κ1) is 24.2. The van der Waals surface area contributed by atoms with Gasteiger partial charge in [0.05, 0.1) is 12.1 Å². The highest BCUT2D eigenvalue weighted by atomic mass is 16.6. The molecule has 31 heavy (non-hydrogen) atoms. The molecule has 0 aliphatic heterocycles. The predicted octanol–water partition coefficient (Wildman–Crippen LogP) is 4.42. The number of carbonyl (C=O) groups is 3. The van der Waals surface area contributed by atoms with E-state index in [9.17, 15) is 14.4 Å². The molecule has 1 aromatic carbocycles. The van der Waals surface area contributed by atoms with Crippen molar-refractivity contribution in [3.05, 3.63) is 36.0 Å². The van der Waals surface area contributed by atoms with E-state index in [-0.39, 0.29) is 13.0 Å². The highest BCUT2D eigenvalue weighted by Crippen LogP contribution is 2.24. The summed E-state index contributed by atoms with van der Waals surface area (Å²) >= 11 is 0. The van der Waals surface area contributed by atoms with Gasteiger partial charge in [0.2, 0.25) is 0 Å². The van der Waals surface area contributed by atoms with Crippen molar-refractivity contribution >= 4 is 29.1 Å². The molecule has 1 unspecified atom stereocenters. The molecular weight excluding hydrogens is 400 g/mol. The van der Waals surface area contributed by atoms with E-state index in [1.807, 2.05) is 18.2 Å². The van der Waals surface area contributed by atoms with Crippen LogP contribution in [0.25, 0.3) is 10.9 Å². The van der Waals surface area contributed by atoms with Crippen molar-refractivity contribution in [3.8, 4) is 0 Å². The van der Waals surface area contributed by atoms with E-state index < -0.39 is 35.4 Å². The number of esters is 1. The number of aromatic nitrogens is 1. The van der Waals surface area contributed by atoms with E-state index in [1.54, 1.807) is 60.7 Å². The third-order valence-corrected chi connectivity index (χ3v) is 4.07. The van der Waals surface area contributed by atoms with Crippen molar-refractivity contribution in [1.82, 2.24) is 9.88 Å². The van der Waals surface area contributed by atoms with Crippen LogP contribution in [0.5, 0.6) is 0 Å². The number of nitrogens with zero attached hydrogens (tertiary/aromatic N) is 1. The van der Waals surface area contributed by atoms with Gasteiger partial charge < -0.3 is 19.5 Å². The van der Waals surface area contributed by atoms with Crippen LogP contribution in [0.3, 0.4) is 0 Å². The summed E-state index contributed by atoms with van der Waals surface area (Å²) in [5.41, 5.74) is -0.0353. The Hall–Kier alpha value is -3.03. The lowest BCUT2D eigenvalue weighted by Gasteiger charge is -2.22. The molecule has 2 rings (SSSR count). The van der Waals surface area contributed by atoms with Crippen molar-refractivity contribution in [2.45, 2.75) is 72.1 Å². The zero-order valence-corrected chi connectivity index (χ0v) is 19.3. The van der Waals surface area contributed by atoms with Crippen LogP contribution in [0.4, 0.5) is 9.59 Å². The van der Waals surface area contributed by atoms with Crippen LogP contribution in [0, 0.1) is 0 Å². The number of carbonyl (C=O) groups excluding carboxylic acids is 3. The van der Waals surface area contributed by atoms with Crippen molar-refractivity contribution in [2.75, 3.05) is 6.61 Å². The fraction of sp³-hybridized carbons (Fsp3) is 0.522. The summed E-state index contributed by atoms with van der Waals surface area (Å²) in [6, 6.07) is 6.32. The first-order valence-corrected chi connectivity index (χ1v) is 10.3. The van der Waals surface area contributed by atoms with Crippen LogP contribution >= 0.6 is 0 Å². The lowest BCUT2D eigenvalue weighted by atomic mass is 10.1. The van der Waals surface area contributed by atoms with E-state index in [1.165, 1.54) is 4.57 Å². The Labute approximate surface area is 182 Å². The number of alkyl carbamates (subject to hydrolysis) is 1. The first-order valence-electron chi connectivity index (χ1n) is 10.3.